The standard InChI is InChI=1S/C31H33O4PSi/c1-22-6-13-26(14-7-22)36(27-15-8-23(2)9-16-27,28-17-10-24(3)11-18-28)30-20-25(32)12-19-29(30)35-21-37-31(33-4)34-5/h6-20,31H,21H2,1-5H3/p+1. The van der Waals surface area contributed by atoms with Gasteiger partial charge in [0.1, 0.15) is 34.8 Å². The summed E-state index contributed by atoms with van der Waals surface area (Å²) in [7, 11) is 1.12. The second kappa shape index (κ2) is 12.1. The molecule has 6 heteroatoms. The van der Waals surface area contributed by atoms with E-state index in [4.69, 9.17) is 14.2 Å². The van der Waals surface area contributed by atoms with Crippen LogP contribution in [0.3, 0.4) is 0 Å². The average Bonchev–Trinajstić information content (AvgIpc) is 2.91. The van der Waals surface area contributed by atoms with Gasteiger partial charge in [-0.1, -0.05) is 53.1 Å². The van der Waals surface area contributed by atoms with Crippen LogP contribution in [0, 0.1) is 20.8 Å². The molecule has 4 rings (SSSR count). The first-order valence-corrected chi connectivity index (χ1v) is 15.3. The minimum Gasteiger partial charge on any atom is -0.508 e. The molecule has 0 unspecified atom stereocenters. The summed E-state index contributed by atoms with van der Waals surface area (Å²) in [5.41, 5.74) is 3.61. The Morgan fingerprint density at radius 2 is 1.11 bits per heavy atom. The van der Waals surface area contributed by atoms with Crippen molar-refractivity contribution in [2.75, 3.05) is 20.4 Å². The number of benzene rings is 4. The van der Waals surface area contributed by atoms with E-state index in [0.717, 1.165) is 11.1 Å². The minimum absolute atomic E-state index is 0.215. The number of aryl methyl sites for hydroxylation is 3. The molecule has 4 aromatic carbocycles. The van der Waals surface area contributed by atoms with Crippen LogP contribution >= 0.6 is 7.26 Å². The second-order valence-electron chi connectivity index (χ2n) is 9.13. The van der Waals surface area contributed by atoms with Gasteiger partial charge in [0.15, 0.2) is 20.6 Å². The number of hydrogen-bond acceptors (Lipinski definition) is 4. The summed E-state index contributed by atoms with van der Waals surface area (Å²) in [6.07, 6.45) is 0.444. The lowest BCUT2D eigenvalue weighted by Crippen LogP contribution is -2.39. The summed E-state index contributed by atoms with van der Waals surface area (Å²) in [5, 5.41) is 15.4. The van der Waals surface area contributed by atoms with E-state index < -0.39 is 7.26 Å². The molecule has 0 heterocycles. The SMILES string of the molecule is COC(OC)[Si]COc1ccc(O)cc1[P+](c1ccc(C)cc1)(c1ccc(C)cc1)c1ccc(C)cc1. The van der Waals surface area contributed by atoms with Gasteiger partial charge in [0.05, 0.1) is 6.23 Å². The van der Waals surface area contributed by atoms with Crippen LogP contribution in [-0.2, 0) is 9.47 Å². The van der Waals surface area contributed by atoms with E-state index in [1.54, 1.807) is 20.3 Å². The molecule has 0 aliphatic rings. The number of rotatable bonds is 10. The van der Waals surface area contributed by atoms with Crippen LogP contribution in [0.15, 0.2) is 91.0 Å². The Balaban J connectivity index is 2.01. The highest BCUT2D eigenvalue weighted by Gasteiger charge is 2.50. The molecule has 190 valence electrons. The van der Waals surface area contributed by atoms with Crippen LogP contribution in [0.4, 0.5) is 0 Å². The molecular formula is C31H34O4PSi+. The molecule has 0 spiro atoms. The minimum atomic E-state index is -2.45. The summed E-state index contributed by atoms with van der Waals surface area (Å²) >= 11 is 0. The molecule has 0 atom stereocenters. The predicted octanol–water partition coefficient (Wildman–Crippen LogP) is 4.55. The third kappa shape index (κ3) is 5.81. The van der Waals surface area contributed by atoms with Crippen molar-refractivity contribution in [3.8, 4) is 11.5 Å². The maximum absolute atomic E-state index is 10.8. The number of ether oxygens (including phenoxy) is 3. The Morgan fingerprint density at radius 3 is 1.51 bits per heavy atom. The van der Waals surface area contributed by atoms with Crippen LogP contribution in [0.1, 0.15) is 16.7 Å². The van der Waals surface area contributed by atoms with E-state index in [9.17, 15) is 5.11 Å². The van der Waals surface area contributed by atoms with Crippen LogP contribution < -0.4 is 26.0 Å². The zero-order chi connectivity index (χ0) is 26.4. The summed E-state index contributed by atoms with van der Waals surface area (Å²) in [6, 6.07) is 31.8. The monoisotopic (exact) mass is 529 g/mol. The molecule has 0 aliphatic carbocycles. The lowest BCUT2D eigenvalue weighted by Gasteiger charge is -2.29. The van der Waals surface area contributed by atoms with Crippen molar-refractivity contribution in [1.29, 1.82) is 0 Å². The zero-order valence-electron chi connectivity index (χ0n) is 22.1. The van der Waals surface area contributed by atoms with Gasteiger partial charge in [0.2, 0.25) is 0 Å². The first-order valence-electron chi connectivity index (χ1n) is 12.2. The highest BCUT2D eigenvalue weighted by atomic mass is 31.2. The third-order valence-corrected chi connectivity index (χ3v) is 11.9. The Kier molecular flexibility index (Phi) is 8.83. The highest BCUT2D eigenvalue weighted by Crippen LogP contribution is 2.56. The molecule has 37 heavy (non-hydrogen) atoms. The average molecular weight is 530 g/mol. The van der Waals surface area contributed by atoms with E-state index in [-0.39, 0.29) is 11.7 Å². The van der Waals surface area contributed by atoms with Gasteiger partial charge in [-0.15, -0.1) is 0 Å². The summed E-state index contributed by atoms with van der Waals surface area (Å²) in [5.74, 6) is 0.657. The fraction of sp³-hybridized carbons (Fsp3) is 0.226. The highest BCUT2D eigenvalue weighted by molar-refractivity contribution is 8.01. The van der Waals surface area contributed by atoms with Gasteiger partial charge in [-0.25, -0.2) is 0 Å². The molecule has 4 nitrogen and oxygen atoms in total. The van der Waals surface area contributed by atoms with Gasteiger partial charge >= 0.3 is 0 Å². The molecule has 0 saturated heterocycles. The van der Waals surface area contributed by atoms with Crippen molar-refractivity contribution in [1.82, 2.24) is 0 Å². The van der Waals surface area contributed by atoms with Crippen molar-refractivity contribution in [3.05, 3.63) is 108 Å². The van der Waals surface area contributed by atoms with Gasteiger partial charge < -0.3 is 19.3 Å². The number of aromatic hydroxyl groups is 1. The Labute approximate surface area is 223 Å². The number of hydrogen-bond donors (Lipinski definition) is 1. The maximum atomic E-state index is 10.8. The Bertz CT molecular complexity index is 1190. The largest absolute Gasteiger partial charge is 0.508 e. The normalized spacial score (nSPS) is 11.6. The van der Waals surface area contributed by atoms with Crippen molar-refractivity contribution in [3.63, 3.8) is 0 Å². The molecular weight excluding hydrogens is 495 g/mol. The zero-order valence-corrected chi connectivity index (χ0v) is 24.0. The van der Waals surface area contributed by atoms with Crippen molar-refractivity contribution in [2.24, 2.45) is 0 Å². The second-order valence-corrected chi connectivity index (χ2v) is 13.7. The van der Waals surface area contributed by atoms with Crippen LogP contribution in [-0.4, -0.2) is 41.0 Å². The third-order valence-electron chi connectivity index (χ3n) is 6.47. The van der Waals surface area contributed by atoms with Gasteiger partial charge in [0.25, 0.3) is 0 Å². The Morgan fingerprint density at radius 1 is 0.676 bits per heavy atom. The molecule has 4 aromatic rings. The molecule has 2 radical (unpaired) electrons. The van der Waals surface area contributed by atoms with E-state index in [0.29, 0.717) is 15.7 Å². The van der Waals surface area contributed by atoms with E-state index in [2.05, 4.69) is 93.6 Å². The van der Waals surface area contributed by atoms with Gasteiger partial charge in [0, 0.05) is 20.3 Å². The van der Waals surface area contributed by atoms with Crippen molar-refractivity contribution >= 4 is 38.0 Å². The van der Waals surface area contributed by atoms with Crippen molar-refractivity contribution in [2.45, 2.75) is 26.7 Å². The van der Waals surface area contributed by atoms with E-state index >= 15 is 0 Å². The summed E-state index contributed by atoms with van der Waals surface area (Å²) in [6.45, 7) is 6.31. The fourth-order valence-corrected chi connectivity index (χ4v) is 9.53. The quantitative estimate of drug-likeness (QED) is 0.186. The van der Waals surface area contributed by atoms with E-state index in [1.807, 2.05) is 12.1 Å². The summed E-state index contributed by atoms with van der Waals surface area (Å²) < 4.78 is 17.2. The van der Waals surface area contributed by atoms with Crippen molar-refractivity contribution < 1.29 is 19.3 Å². The fourth-order valence-electron chi connectivity index (χ4n) is 4.51. The van der Waals surface area contributed by atoms with Gasteiger partial charge in [-0.3, -0.25) is 0 Å². The van der Waals surface area contributed by atoms with Gasteiger partial charge in [-0.2, -0.15) is 0 Å². The molecule has 0 aliphatic heterocycles. The molecule has 0 saturated carbocycles. The number of methoxy groups -OCH3 is 2. The van der Waals surface area contributed by atoms with Gasteiger partial charge in [-0.05, 0) is 69.3 Å². The molecule has 0 amide bonds. The summed E-state index contributed by atoms with van der Waals surface area (Å²) in [4.78, 5) is 0. The smallest absolute Gasteiger partial charge is 0.166 e. The molecule has 1 N–H and O–H groups in total. The maximum Gasteiger partial charge on any atom is 0.166 e. The van der Waals surface area contributed by atoms with Crippen LogP contribution in [0.5, 0.6) is 11.5 Å². The first-order chi connectivity index (χ1) is 17.9. The topological polar surface area (TPSA) is 47.9 Å². The van der Waals surface area contributed by atoms with E-state index in [1.165, 1.54) is 32.6 Å². The van der Waals surface area contributed by atoms with Crippen LogP contribution in [0.25, 0.3) is 0 Å². The molecule has 0 aromatic heterocycles. The number of phenolic OH excluding ortho intramolecular Hbond substituents is 1. The predicted molar refractivity (Wildman–Crippen MR) is 156 cm³/mol. The molecule has 0 fully saturated rings. The lowest BCUT2D eigenvalue weighted by molar-refractivity contribution is -0.0450. The lowest BCUT2D eigenvalue weighted by atomic mass is 10.2. The Hall–Kier alpha value is -2.95. The van der Waals surface area contributed by atoms with Crippen LogP contribution in [0.2, 0.25) is 0 Å². The first kappa shape index (κ1) is 27.1. The number of phenols is 1. The molecule has 0 bridgehead atoms.